The number of halogens is 2. The standard InChI is InChI=1S/C10H11F2NO2/c11-7-1-2-9(12)8(4-7)6(5-13)3-10(14)15/h1-2,4,6H,3,5,13H2,(H,14,15). The maximum Gasteiger partial charge on any atom is 0.304 e. The monoisotopic (exact) mass is 215 g/mol. The molecule has 0 aromatic heterocycles. The van der Waals surface area contributed by atoms with Crippen LogP contribution in [-0.4, -0.2) is 17.6 Å². The van der Waals surface area contributed by atoms with Gasteiger partial charge in [-0.05, 0) is 30.3 Å². The van der Waals surface area contributed by atoms with Crippen LogP contribution in [0.4, 0.5) is 8.78 Å². The summed E-state index contributed by atoms with van der Waals surface area (Å²) < 4.78 is 26.1. The SMILES string of the molecule is NCC(CC(=O)O)c1cc(F)ccc1F. The van der Waals surface area contributed by atoms with Crippen LogP contribution >= 0.6 is 0 Å². The number of hydrogen-bond donors (Lipinski definition) is 2. The molecule has 0 saturated heterocycles. The van der Waals surface area contributed by atoms with Crippen LogP contribution in [-0.2, 0) is 4.79 Å². The van der Waals surface area contributed by atoms with Crippen molar-refractivity contribution < 1.29 is 18.7 Å². The zero-order valence-electron chi connectivity index (χ0n) is 7.91. The van der Waals surface area contributed by atoms with Crippen LogP contribution in [0.15, 0.2) is 18.2 Å². The number of aliphatic carboxylic acids is 1. The van der Waals surface area contributed by atoms with Gasteiger partial charge in [-0.15, -0.1) is 0 Å². The highest BCUT2D eigenvalue weighted by Crippen LogP contribution is 2.22. The second kappa shape index (κ2) is 4.84. The first-order chi connectivity index (χ1) is 7.04. The van der Waals surface area contributed by atoms with E-state index in [1.54, 1.807) is 0 Å². The Balaban J connectivity index is 3.00. The summed E-state index contributed by atoms with van der Waals surface area (Å²) in [5, 5.41) is 8.56. The van der Waals surface area contributed by atoms with Gasteiger partial charge in [0.15, 0.2) is 0 Å². The van der Waals surface area contributed by atoms with E-state index in [2.05, 4.69) is 0 Å². The summed E-state index contributed by atoms with van der Waals surface area (Å²) in [5.41, 5.74) is 5.33. The molecule has 0 saturated carbocycles. The van der Waals surface area contributed by atoms with Gasteiger partial charge in [0, 0.05) is 5.92 Å². The Morgan fingerprint density at radius 1 is 1.47 bits per heavy atom. The molecule has 0 heterocycles. The van der Waals surface area contributed by atoms with Gasteiger partial charge in [-0.1, -0.05) is 0 Å². The molecule has 82 valence electrons. The van der Waals surface area contributed by atoms with Crippen LogP contribution in [0.5, 0.6) is 0 Å². The third-order valence-electron chi connectivity index (χ3n) is 2.10. The molecular weight excluding hydrogens is 204 g/mol. The molecule has 1 unspecified atom stereocenters. The first-order valence-electron chi connectivity index (χ1n) is 4.41. The van der Waals surface area contributed by atoms with E-state index in [1.807, 2.05) is 0 Å². The van der Waals surface area contributed by atoms with Crippen molar-refractivity contribution in [3.05, 3.63) is 35.4 Å². The lowest BCUT2D eigenvalue weighted by Gasteiger charge is -2.13. The van der Waals surface area contributed by atoms with Crippen LogP contribution in [0, 0.1) is 11.6 Å². The van der Waals surface area contributed by atoms with Crippen LogP contribution in [0.2, 0.25) is 0 Å². The van der Waals surface area contributed by atoms with Gasteiger partial charge in [-0.25, -0.2) is 8.78 Å². The largest absolute Gasteiger partial charge is 0.481 e. The highest BCUT2D eigenvalue weighted by Gasteiger charge is 2.18. The fourth-order valence-corrected chi connectivity index (χ4v) is 1.36. The molecule has 0 radical (unpaired) electrons. The Kier molecular flexibility index (Phi) is 3.74. The second-order valence-corrected chi connectivity index (χ2v) is 3.20. The molecule has 0 aliphatic heterocycles. The van der Waals surface area contributed by atoms with Crippen LogP contribution in [0.1, 0.15) is 17.9 Å². The van der Waals surface area contributed by atoms with Gasteiger partial charge in [0.2, 0.25) is 0 Å². The second-order valence-electron chi connectivity index (χ2n) is 3.20. The Morgan fingerprint density at radius 2 is 2.13 bits per heavy atom. The van der Waals surface area contributed by atoms with E-state index >= 15 is 0 Å². The maximum atomic E-state index is 13.2. The molecule has 15 heavy (non-hydrogen) atoms. The predicted molar refractivity (Wildman–Crippen MR) is 50.4 cm³/mol. The Labute approximate surface area is 85.5 Å². The van der Waals surface area contributed by atoms with Crippen molar-refractivity contribution in [2.45, 2.75) is 12.3 Å². The fourth-order valence-electron chi connectivity index (χ4n) is 1.36. The molecule has 0 fully saturated rings. The van der Waals surface area contributed by atoms with E-state index in [4.69, 9.17) is 10.8 Å². The van der Waals surface area contributed by atoms with E-state index in [9.17, 15) is 13.6 Å². The number of benzene rings is 1. The summed E-state index contributed by atoms with van der Waals surface area (Å²) in [6.07, 6.45) is -0.309. The van der Waals surface area contributed by atoms with Gasteiger partial charge in [-0.2, -0.15) is 0 Å². The highest BCUT2D eigenvalue weighted by atomic mass is 19.1. The number of nitrogens with two attached hydrogens (primary N) is 1. The first-order valence-corrected chi connectivity index (χ1v) is 4.41. The third-order valence-corrected chi connectivity index (χ3v) is 2.10. The average Bonchev–Trinajstić information content (AvgIpc) is 2.18. The summed E-state index contributed by atoms with van der Waals surface area (Å²) in [6.45, 7) is -0.0350. The molecular formula is C10H11F2NO2. The molecule has 1 rings (SSSR count). The quantitative estimate of drug-likeness (QED) is 0.799. The molecule has 1 aromatic rings. The average molecular weight is 215 g/mol. The predicted octanol–water partition coefficient (Wildman–Crippen LogP) is 1.48. The van der Waals surface area contributed by atoms with E-state index < -0.39 is 23.5 Å². The Morgan fingerprint density at radius 3 is 2.67 bits per heavy atom. The van der Waals surface area contributed by atoms with Crippen LogP contribution in [0.3, 0.4) is 0 Å². The van der Waals surface area contributed by atoms with Crippen molar-refractivity contribution in [2.24, 2.45) is 5.73 Å². The molecule has 0 bridgehead atoms. The number of rotatable bonds is 4. The molecule has 0 spiro atoms. The zero-order chi connectivity index (χ0) is 11.4. The van der Waals surface area contributed by atoms with Crippen LogP contribution in [0.25, 0.3) is 0 Å². The van der Waals surface area contributed by atoms with Crippen molar-refractivity contribution >= 4 is 5.97 Å². The molecule has 1 atom stereocenters. The summed E-state index contributed by atoms with van der Waals surface area (Å²) >= 11 is 0. The van der Waals surface area contributed by atoms with Gasteiger partial charge in [0.25, 0.3) is 0 Å². The molecule has 5 heteroatoms. The molecule has 3 N–H and O–H groups in total. The topological polar surface area (TPSA) is 63.3 Å². The number of carboxylic acid groups (broad SMARTS) is 1. The zero-order valence-corrected chi connectivity index (χ0v) is 7.91. The minimum atomic E-state index is -1.09. The van der Waals surface area contributed by atoms with Gasteiger partial charge in [-0.3, -0.25) is 4.79 Å². The normalized spacial score (nSPS) is 12.5. The van der Waals surface area contributed by atoms with Gasteiger partial charge >= 0.3 is 5.97 Å². The number of carboxylic acids is 1. The molecule has 0 aliphatic rings. The van der Waals surface area contributed by atoms with Crippen molar-refractivity contribution in [1.82, 2.24) is 0 Å². The van der Waals surface area contributed by atoms with Gasteiger partial charge in [0.05, 0.1) is 6.42 Å². The van der Waals surface area contributed by atoms with E-state index in [-0.39, 0.29) is 18.5 Å². The lowest BCUT2D eigenvalue weighted by Crippen LogP contribution is -2.17. The minimum Gasteiger partial charge on any atom is -0.481 e. The summed E-state index contributed by atoms with van der Waals surface area (Å²) in [6, 6.07) is 2.93. The van der Waals surface area contributed by atoms with Crippen molar-refractivity contribution in [2.75, 3.05) is 6.54 Å². The van der Waals surface area contributed by atoms with E-state index in [1.165, 1.54) is 0 Å². The number of carbonyl (C=O) groups is 1. The summed E-state index contributed by atoms with van der Waals surface area (Å²) in [5.74, 6) is -3.02. The fraction of sp³-hybridized carbons (Fsp3) is 0.300. The van der Waals surface area contributed by atoms with Gasteiger partial charge in [0.1, 0.15) is 11.6 Å². The molecule has 0 amide bonds. The lowest BCUT2D eigenvalue weighted by molar-refractivity contribution is -0.137. The van der Waals surface area contributed by atoms with E-state index in [0.717, 1.165) is 18.2 Å². The number of hydrogen-bond acceptors (Lipinski definition) is 2. The first kappa shape index (κ1) is 11.6. The smallest absolute Gasteiger partial charge is 0.304 e. The molecule has 0 aliphatic carbocycles. The summed E-state index contributed by atoms with van der Waals surface area (Å²) in [7, 11) is 0. The van der Waals surface area contributed by atoms with Gasteiger partial charge < -0.3 is 10.8 Å². The summed E-state index contributed by atoms with van der Waals surface area (Å²) in [4.78, 5) is 10.5. The van der Waals surface area contributed by atoms with Crippen molar-refractivity contribution in [3.63, 3.8) is 0 Å². The Bertz CT molecular complexity index is 368. The maximum absolute atomic E-state index is 13.2. The van der Waals surface area contributed by atoms with Crippen molar-refractivity contribution in [3.8, 4) is 0 Å². The third kappa shape index (κ3) is 2.99. The molecule has 1 aromatic carbocycles. The minimum absolute atomic E-state index is 0.0138. The van der Waals surface area contributed by atoms with Crippen molar-refractivity contribution in [1.29, 1.82) is 0 Å². The lowest BCUT2D eigenvalue weighted by atomic mass is 9.95. The van der Waals surface area contributed by atoms with E-state index in [0.29, 0.717) is 0 Å². The highest BCUT2D eigenvalue weighted by molar-refractivity contribution is 5.68. The van der Waals surface area contributed by atoms with Crippen LogP contribution < -0.4 is 5.73 Å². The molecule has 3 nitrogen and oxygen atoms in total. The Hall–Kier alpha value is -1.49.